The number of amides is 2. The largest absolute Gasteiger partial charge is 0.356 e. The second-order valence-corrected chi connectivity index (χ2v) is 9.56. The molecular formula is C27H34N5O2+. The second kappa shape index (κ2) is 10.2. The summed E-state index contributed by atoms with van der Waals surface area (Å²) >= 11 is 0. The van der Waals surface area contributed by atoms with E-state index in [1.807, 2.05) is 41.3 Å². The van der Waals surface area contributed by atoms with Crippen molar-refractivity contribution in [2.24, 2.45) is 5.92 Å². The van der Waals surface area contributed by atoms with Crippen molar-refractivity contribution >= 4 is 17.5 Å². The highest BCUT2D eigenvalue weighted by atomic mass is 16.2. The first kappa shape index (κ1) is 23.7. The molecule has 2 N–H and O–H groups in total. The predicted molar refractivity (Wildman–Crippen MR) is 133 cm³/mol. The van der Waals surface area contributed by atoms with E-state index in [4.69, 9.17) is 0 Å². The van der Waals surface area contributed by atoms with E-state index in [1.165, 1.54) is 0 Å². The molecule has 0 radical (unpaired) electrons. The molecule has 0 fully saturated rings. The molecule has 4 rings (SSSR count). The predicted octanol–water partition coefficient (Wildman–Crippen LogP) is 4.40. The van der Waals surface area contributed by atoms with Crippen LogP contribution in [0.15, 0.2) is 48.5 Å². The third-order valence-electron chi connectivity index (χ3n) is 6.21. The van der Waals surface area contributed by atoms with Crippen LogP contribution in [0, 0.1) is 5.92 Å². The van der Waals surface area contributed by atoms with Gasteiger partial charge in [0.1, 0.15) is 6.04 Å². The minimum atomic E-state index is -0.0258. The van der Waals surface area contributed by atoms with Crippen LogP contribution >= 0.6 is 0 Å². The molecule has 0 spiro atoms. The Kier molecular flexibility index (Phi) is 7.10. The van der Waals surface area contributed by atoms with Gasteiger partial charge < -0.3 is 10.2 Å². The first-order valence-electron chi connectivity index (χ1n) is 12.1. The van der Waals surface area contributed by atoms with Gasteiger partial charge in [0.2, 0.25) is 17.5 Å². The lowest BCUT2D eigenvalue weighted by Gasteiger charge is -2.27. The average molecular weight is 461 g/mol. The van der Waals surface area contributed by atoms with E-state index in [-0.39, 0.29) is 24.3 Å². The second-order valence-electron chi connectivity index (χ2n) is 9.56. The maximum Gasteiger partial charge on any atom is 0.258 e. The fourth-order valence-corrected chi connectivity index (χ4v) is 4.37. The van der Waals surface area contributed by atoms with Crippen molar-refractivity contribution in [1.29, 1.82) is 0 Å². The number of H-pyrrole nitrogens is 1. The zero-order chi connectivity index (χ0) is 24.2. The van der Waals surface area contributed by atoms with Crippen molar-refractivity contribution in [3.05, 3.63) is 54.1 Å². The maximum absolute atomic E-state index is 13.4. The number of fused-ring (bicyclic) bond motifs is 5. The number of rotatable bonds is 7. The van der Waals surface area contributed by atoms with Gasteiger partial charge in [-0.2, -0.15) is 4.68 Å². The molecule has 7 nitrogen and oxygen atoms in total. The summed E-state index contributed by atoms with van der Waals surface area (Å²) in [5.74, 6) is 0.452. The molecule has 3 aromatic rings. The number of aromatic nitrogens is 3. The number of hydrogen-bond donors (Lipinski definition) is 2. The highest BCUT2D eigenvalue weighted by Crippen LogP contribution is 2.39. The van der Waals surface area contributed by atoms with Gasteiger partial charge in [-0.1, -0.05) is 55.5 Å². The molecule has 0 unspecified atom stereocenters. The number of carbonyl (C=O) groups is 2. The molecule has 0 saturated carbocycles. The van der Waals surface area contributed by atoms with Crippen LogP contribution in [0.25, 0.3) is 22.5 Å². The smallest absolute Gasteiger partial charge is 0.258 e. The first-order chi connectivity index (χ1) is 16.4. The monoisotopic (exact) mass is 460 g/mol. The fraction of sp³-hybridized carbons (Fsp3) is 0.407. The third kappa shape index (κ3) is 4.88. The number of carbonyl (C=O) groups excluding carboxylic acids is 2. The average Bonchev–Trinajstić information content (AvgIpc) is 3.25. The van der Waals surface area contributed by atoms with Gasteiger partial charge in [0.05, 0.1) is 17.8 Å². The van der Waals surface area contributed by atoms with Gasteiger partial charge in [-0.3, -0.25) is 9.59 Å². The third-order valence-corrected chi connectivity index (χ3v) is 6.21. The Labute approximate surface area is 201 Å². The Hall–Kier alpha value is -3.48. The van der Waals surface area contributed by atoms with Gasteiger partial charge in [0.15, 0.2) is 0 Å². The summed E-state index contributed by atoms with van der Waals surface area (Å²) in [5, 5.41) is 10.8. The SMILES string of the molecule is CC(C)CCC(=O)NCCC(=O)N1Cc2ccccc2-c2c(n[nH][n+]2C(C)C)-c2ccccc21. The number of para-hydroxylation sites is 1. The van der Waals surface area contributed by atoms with Crippen molar-refractivity contribution in [1.82, 2.24) is 15.6 Å². The van der Waals surface area contributed by atoms with E-state index < -0.39 is 0 Å². The summed E-state index contributed by atoms with van der Waals surface area (Å²) in [5.41, 5.74) is 5.73. The van der Waals surface area contributed by atoms with Crippen molar-refractivity contribution in [3.8, 4) is 22.5 Å². The lowest BCUT2D eigenvalue weighted by Crippen LogP contribution is -2.41. The maximum atomic E-state index is 13.4. The molecule has 2 aromatic carbocycles. The van der Waals surface area contributed by atoms with E-state index >= 15 is 0 Å². The Morgan fingerprint density at radius 1 is 1.03 bits per heavy atom. The zero-order valence-electron chi connectivity index (χ0n) is 20.5. The van der Waals surface area contributed by atoms with Gasteiger partial charge in [0, 0.05) is 30.0 Å². The summed E-state index contributed by atoms with van der Waals surface area (Å²) in [6, 6.07) is 16.3. The van der Waals surface area contributed by atoms with Crippen LogP contribution in [-0.2, 0) is 16.1 Å². The summed E-state index contributed by atoms with van der Waals surface area (Å²) in [4.78, 5) is 27.4. The first-order valence-corrected chi connectivity index (χ1v) is 12.1. The fourth-order valence-electron chi connectivity index (χ4n) is 4.37. The molecule has 1 aliphatic heterocycles. The minimum Gasteiger partial charge on any atom is -0.356 e. The van der Waals surface area contributed by atoms with Gasteiger partial charge in [0.25, 0.3) is 5.69 Å². The zero-order valence-corrected chi connectivity index (χ0v) is 20.5. The molecule has 7 heteroatoms. The summed E-state index contributed by atoms with van der Waals surface area (Å²) in [6.07, 6.45) is 1.57. The van der Waals surface area contributed by atoms with Crippen LogP contribution in [0.1, 0.15) is 58.6 Å². The molecular weight excluding hydrogens is 426 g/mol. The van der Waals surface area contributed by atoms with E-state index in [0.717, 1.165) is 40.2 Å². The molecule has 1 aliphatic rings. The highest BCUT2D eigenvalue weighted by Gasteiger charge is 2.34. The molecule has 0 aliphatic carbocycles. The van der Waals surface area contributed by atoms with Gasteiger partial charge in [-0.15, -0.1) is 0 Å². The minimum absolute atomic E-state index is 0.000633. The van der Waals surface area contributed by atoms with Gasteiger partial charge in [-0.25, -0.2) is 0 Å². The lowest BCUT2D eigenvalue weighted by atomic mass is 9.95. The quantitative estimate of drug-likeness (QED) is 0.513. The highest BCUT2D eigenvalue weighted by molar-refractivity contribution is 6.00. The normalized spacial score (nSPS) is 12.6. The van der Waals surface area contributed by atoms with Gasteiger partial charge in [-0.05, 0) is 43.9 Å². The van der Waals surface area contributed by atoms with Crippen LogP contribution in [0.4, 0.5) is 5.69 Å². The van der Waals surface area contributed by atoms with Crippen molar-refractivity contribution in [2.45, 2.75) is 59.5 Å². The molecule has 0 bridgehead atoms. The molecule has 2 heterocycles. The lowest BCUT2D eigenvalue weighted by molar-refractivity contribution is -0.761. The van der Waals surface area contributed by atoms with Crippen molar-refractivity contribution < 1.29 is 14.3 Å². The van der Waals surface area contributed by atoms with Crippen LogP contribution in [-0.4, -0.2) is 28.7 Å². The number of nitrogens with zero attached hydrogens (tertiary/aromatic N) is 3. The topological polar surface area (TPSA) is 82.0 Å². The summed E-state index contributed by atoms with van der Waals surface area (Å²) < 4.78 is 2.08. The number of hydrogen-bond acceptors (Lipinski definition) is 3. The number of benzene rings is 2. The Bertz CT molecular complexity index is 1180. The van der Waals surface area contributed by atoms with Crippen LogP contribution in [0.2, 0.25) is 0 Å². The summed E-state index contributed by atoms with van der Waals surface area (Å²) in [6.45, 7) is 9.23. The van der Waals surface area contributed by atoms with Crippen molar-refractivity contribution in [2.75, 3.05) is 11.4 Å². The number of aromatic amines is 1. The molecule has 34 heavy (non-hydrogen) atoms. The van der Waals surface area contributed by atoms with Crippen LogP contribution < -0.4 is 14.9 Å². The Balaban J connectivity index is 1.66. The van der Waals surface area contributed by atoms with Crippen LogP contribution in [0.3, 0.4) is 0 Å². The molecule has 2 amide bonds. The summed E-state index contributed by atoms with van der Waals surface area (Å²) in [7, 11) is 0. The number of nitrogens with one attached hydrogen (secondary N) is 2. The van der Waals surface area contributed by atoms with Gasteiger partial charge >= 0.3 is 0 Å². The molecule has 0 saturated heterocycles. The molecule has 1 aromatic heterocycles. The van der Waals surface area contributed by atoms with E-state index in [0.29, 0.717) is 25.4 Å². The standard InChI is InChI=1S/C27H33N5O2/c1-18(2)13-14-24(33)28-16-15-25(34)31-17-20-9-5-6-10-21(20)27-26(29-30-32(27)19(3)4)22-11-7-8-12-23(22)31/h5-12,18-19H,13-17H2,1-4H3,(H,28,33)/p+1. The Morgan fingerprint density at radius 3 is 2.47 bits per heavy atom. The van der Waals surface area contributed by atoms with Crippen LogP contribution in [0.5, 0.6) is 0 Å². The molecule has 178 valence electrons. The van der Waals surface area contributed by atoms with E-state index in [1.54, 1.807) is 0 Å². The van der Waals surface area contributed by atoms with E-state index in [9.17, 15) is 9.59 Å². The molecule has 0 atom stereocenters. The Morgan fingerprint density at radius 2 is 1.74 bits per heavy atom. The number of anilines is 1. The van der Waals surface area contributed by atoms with E-state index in [2.05, 4.69) is 60.1 Å². The van der Waals surface area contributed by atoms with Crippen molar-refractivity contribution in [3.63, 3.8) is 0 Å².